The van der Waals surface area contributed by atoms with Gasteiger partial charge in [-0.3, -0.25) is 4.79 Å². The first-order valence-corrected chi connectivity index (χ1v) is 6.78. The van der Waals surface area contributed by atoms with Crippen LogP contribution in [0, 0.1) is 5.92 Å². The highest BCUT2D eigenvalue weighted by Crippen LogP contribution is 2.31. The second-order valence-corrected chi connectivity index (χ2v) is 5.30. The fraction of sp³-hybridized carbons (Fsp3) is 0.533. The first-order valence-electron chi connectivity index (χ1n) is 6.78. The zero-order chi connectivity index (χ0) is 13.0. The molecule has 0 heterocycles. The third-order valence-corrected chi connectivity index (χ3v) is 3.32. The number of carbonyl (C=O) groups is 1. The normalized spacial score (nSPS) is 15.5. The minimum absolute atomic E-state index is 0. The smallest absolute Gasteiger partial charge is 0.227 e. The summed E-state index contributed by atoms with van der Waals surface area (Å²) in [5.74, 6) is 0.898. The molecule has 1 saturated carbocycles. The lowest BCUT2D eigenvalue weighted by molar-refractivity contribution is -0.118. The molecule has 0 aliphatic heterocycles. The number of nitrogens with zero attached hydrogens (tertiary/aromatic N) is 1. The fourth-order valence-electron chi connectivity index (χ4n) is 2.00. The van der Waals surface area contributed by atoms with E-state index in [9.17, 15) is 4.79 Å². The van der Waals surface area contributed by atoms with Gasteiger partial charge in [-0.2, -0.15) is 0 Å². The highest BCUT2D eigenvalue weighted by Gasteiger charge is 2.27. The molecule has 2 N–H and O–H groups in total. The van der Waals surface area contributed by atoms with Crippen LogP contribution < -0.4 is 10.6 Å². The molecule has 0 radical (unpaired) electrons. The maximum absolute atomic E-state index is 12.3. The molecule has 0 spiro atoms. The molecule has 1 aliphatic carbocycles. The highest BCUT2D eigenvalue weighted by molar-refractivity contribution is 5.93. The van der Waals surface area contributed by atoms with Crippen LogP contribution in [0.15, 0.2) is 30.3 Å². The predicted molar refractivity (Wildman–Crippen MR) is 81.7 cm³/mol. The van der Waals surface area contributed by atoms with Gasteiger partial charge in [0.05, 0.1) is 0 Å². The Morgan fingerprint density at radius 3 is 2.53 bits per heavy atom. The number of rotatable bonds is 6. The molecule has 0 bridgehead atoms. The molecule has 1 aromatic carbocycles. The molecule has 1 fully saturated rings. The van der Waals surface area contributed by atoms with Gasteiger partial charge in [-0.15, -0.1) is 12.4 Å². The first kappa shape index (κ1) is 16.0. The molecule has 19 heavy (non-hydrogen) atoms. The largest absolute Gasteiger partial charge is 0.328 e. The van der Waals surface area contributed by atoms with Gasteiger partial charge < -0.3 is 10.6 Å². The number of anilines is 1. The van der Waals surface area contributed by atoms with E-state index < -0.39 is 0 Å². The number of para-hydroxylation sites is 1. The van der Waals surface area contributed by atoms with Crippen molar-refractivity contribution in [3.05, 3.63) is 30.3 Å². The molecule has 0 aromatic heterocycles. The average molecular weight is 283 g/mol. The summed E-state index contributed by atoms with van der Waals surface area (Å²) in [6.45, 7) is 2.81. The third kappa shape index (κ3) is 5.21. The Labute approximate surface area is 121 Å². The molecule has 106 valence electrons. The molecule has 1 atom stereocenters. The quantitative estimate of drug-likeness (QED) is 0.872. The van der Waals surface area contributed by atoms with Gasteiger partial charge in [-0.1, -0.05) is 18.2 Å². The Bertz CT molecular complexity index is 390. The third-order valence-electron chi connectivity index (χ3n) is 3.32. The van der Waals surface area contributed by atoms with Gasteiger partial charge in [-0.25, -0.2) is 0 Å². The minimum atomic E-state index is 0. The van der Waals surface area contributed by atoms with Gasteiger partial charge >= 0.3 is 0 Å². The number of benzene rings is 1. The van der Waals surface area contributed by atoms with E-state index in [0.29, 0.717) is 12.3 Å². The van der Waals surface area contributed by atoms with E-state index in [1.54, 1.807) is 0 Å². The molecular weight excluding hydrogens is 260 g/mol. The second-order valence-electron chi connectivity index (χ2n) is 5.30. The van der Waals surface area contributed by atoms with Gasteiger partial charge in [0.2, 0.25) is 5.91 Å². The Balaban J connectivity index is 0.00000180. The molecule has 0 saturated heterocycles. The lowest BCUT2D eigenvalue weighted by Gasteiger charge is -2.23. The van der Waals surface area contributed by atoms with Crippen molar-refractivity contribution in [3.63, 3.8) is 0 Å². The first-order chi connectivity index (χ1) is 8.66. The molecule has 3 nitrogen and oxygen atoms in total. The topological polar surface area (TPSA) is 46.3 Å². The maximum atomic E-state index is 12.3. The van der Waals surface area contributed by atoms with Gasteiger partial charge in [-0.05, 0) is 44.2 Å². The van der Waals surface area contributed by atoms with Crippen molar-refractivity contribution in [1.29, 1.82) is 0 Å². The van der Waals surface area contributed by atoms with E-state index in [2.05, 4.69) is 0 Å². The van der Waals surface area contributed by atoms with Crippen molar-refractivity contribution in [2.24, 2.45) is 11.7 Å². The number of halogens is 1. The monoisotopic (exact) mass is 282 g/mol. The molecule has 4 heteroatoms. The second kappa shape index (κ2) is 7.51. The van der Waals surface area contributed by atoms with Gasteiger partial charge in [0, 0.05) is 24.7 Å². The van der Waals surface area contributed by atoms with Crippen molar-refractivity contribution >= 4 is 24.0 Å². The van der Waals surface area contributed by atoms with Gasteiger partial charge in [0.25, 0.3) is 0 Å². The molecule has 1 unspecified atom stereocenters. The molecular formula is C15H23ClN2O. The Morgan fingerprint density at radius 1 is 1.37 bits per heavy atom. The predicted octanol–water partition coefficient (Wildman–Crippen LogP) is 2.98. The summed E-state index contributed by atoms with van der Waals surface area (Å²) in [4.78, 5) is 14.2. The number of amides is 1. The van der Waals surface area contributed by atoms with Crippen molar-refractivity contribution in [1.82, 2.24) is 0 Å². The minimum Gasteiger partial charge on any atom is -0.328 e. The van der Waals surface area contributed by atoms with Crippen LogP contribution in [0.5, 0.6) is 0 Å². The number of hydrogen-bond acceptors (Lipinski definition) is 2. The van der Waals surface area contributed by atoms with Crippen molar-refractivity contribution in [2.75, 3.05) is 11.4 Å². The van der Waals surface area contributed by atoms with Crippen LogP contribution in [0.25, 0.3) is 0 Å². The highest BCUT2D eigenvalue weighted by atomic mass is 35.5. The van der Waals surface area contributed by atoms with Crippen molar-refractivity contribution in [2.45, 2.75) is 38.6 Å². The standard InChI is InChI=1S/C15H22N2O.ClH/c1-12(16)7-10-15(18)17(11-13-8-9-13)14-5-3-2-4-6-14;/h2-6,12-13H,7-11,16H2,1H3;1H. The summed E-state index contributed by atoms with van der Waals surface area (Å²) >= 11 is 0. The molecule has 1 aliphatic rings. The van der Waals surface area contributed by atoms with Crippen molar-refractivity contribution < 1.29 is 4.79 Å². The lowest BCUT2D eigenvalue weighted by atomic mass is 10.1. The summed E-state index contributed by atoms with van der Waals surface area (Å²) in [6.07, 6.45) is 3.81. The molecule has 2 rings (SSSR count). The Morgan fingerprint density at radius 2 is 2.00 bits per heavy atom. The van der Waals surface area contributed by atoms with Crippen LogP contribution in [-0.2, 0) is 4.79 Å². The Hall–Kier alpha value is -1.06. The van der Waals surface area contributed by atoms with Crippen LogP contribution in [-0.4, -0.2) is 18.5 Å². The van der Waals surface area contributed by atoms with Crippen LogP contribution >= 0.6 is 12.4 Å². The van der Waals surface area contributed by atoms with E-state index in [0.717, 1.165) is 18.7 Å². The van der Waals surface area contributed by atoms with E-state index >= 15 is 0 Å². The fourth-order valence-corrected chi connectivity index (χ4v) is 2.00. The van der Waals surface area contributed by atoms with Crippen LogP contribution in [0.1, 0.15) is 32.6 Å². The summed E-state index contributed by atoms with van der Waals surface area (Å²) in [6, 6.07) is 10.0. The average Bonchev–Trinajstić information content (AvgIpc) is 3.18. The lowest BCUT2D eigenvalue weighted by Crippen LogP contribution is -2.33. The number of nitrogens with two attached hydrogens (primary N) is 1. The molecule has 1 amide bonds. The van der Waals surface area contributed by atoms with Crippen LogP contribution in [0.2, 0.25) is 0 Å². The van der Waals surface area contributed by atoms with Gasteiger partial charge in [0.1, 0.15) is 0 Å². The summed E-state index contributed by atoms with van der Waals surface area (Å²) in [5, 5.41) is 0. The summed E-state index contributed by atoms with van der Waals surface area (Å²) in [7, 11) is 0. The van der Waals surface area contributed by atoms with Crippen LogP contribution in [0.4, 0.5) is 5.69 Å². The zero-order valence-electron chi connectivity index (χ0n) is 11.4. The van der Waals surface area contributed by atoms with E-state index in [-0.39, 0.29) is 24.4 Å². The summed E-state index contributed by atoms with van der Waals surface area (Å²) < 4.78 is 0. The summed E-state index contributed by atoms with van der Waals surface area (Å²) in [5.41, 5.74) is 6.74. The number of carbonyl (C=O) groups excluding carboxylic acids is 1. The number of hydrogen-bond donors (Lipinski definition) is 1. The van der Waals surface area contributed by atoms with E-state index in [1.165, 1.54) is 12.8 Å². The van der Waals surface area contributed by atoms with Gasteiger partial charge in [0.15, 0.2) is 0 Å². The van der Waals surface area contributed by atoms with E-state index in [1.807, 2.05) is 42.2 Å². The molecule has 1 aromatic rings. The SMILES string of the molecule is CC(N)CCC(=O)N(CC1CC1)c1ccccc1.Cl. The van der Waals surface area contributed by atoms with Crippen molar-refractivity contribution in [3.8, 4) is 0 Å². The maximum Gasteiger partial charge on any atom is 0.227 e. The zero-order valence-corrected chi connectivity index (χ0v) is 12.2. The van der Waals surface area contributed by atoms with E-state index in [4.69, 9.17) is 5.73 Å². The Kier molecular flexibility index (Phi) is 6.32. The van der Waals surface area contributed by atoms with Crippen LogP contribution in [0.3, 0.4) is 0 Å².